The van der Waals surface area contributed by atoms with Crippen molar-refractivity contribution < 1.29 is 0 Å². The minimum absolute atomic E-state index is 0.576. The first-order valence-corrected chi connectivity index (χ1v) is 7.08. The number of aromatic nitrogens is 3. The van der Waals surface area contributed by atoms with E-state index >= 15 is 0 Å². The van der Waals surface area contributed by atoms with Gasteiger partial charge < -0.3 is 5.32 Å². The molecule has 1 aliphatic heterocycles. The molecule has 0 fully saturated rings. The zero-order valence-corrected chi connectivity index (χ0v) is 11.3. The second-order valence-electron chi connectivity index (χ2n) is 5.15. The van der Waals surface area contributed by atoms with Gasteiger partial charge >= 0.3 is 0 Å². The fourth-order valence-corrected chi connectivity index (χ4v) is 2.85. The summed E-state index contributed by atoms with van der Waals surface area (Å²) in [5.74, 6) is 0.576. The molecule has 0 bridgehead atoms. The zero-order chi connectivity index (χ0) is 13.1. The Morgan fingerprint density at radius 3 is 3.16 bits per heavy atom. The summed E-state index contributed by atoms with van der Waals surface area (Å²) < 4.78 is 2.05. The van der Waals surface area contributed by atoms with Gasteiger partial charge in [-0.2, -0.15) is 0 Å². The van der Waals surface area contributed by atoms with Crippen molar-refractivity contribution in [2.45, 2.75) is 38.6 Å². The van der Waals surface area contributed by atoms with Crippen molar-refractivity contribution in [3.05, 3.63) is 41.7 Å². The Bertz CT molecular complexity index is 547. The van der Waals surface area contributed by atoms with E-state index in [0.717, 1.165) is 25.9 Å². The summed E-state index contributed by atoms with van der Waals surface area (Å²) in [5, 5.41) is 11.7. The number of rotatable bonds is 4. The van der Waals surface area contributed by atoms with Crippen LogP contribution in [0.15, 0.2) is 30.5 Å². The minimum atomic E-state index is 0.576. The maximum Gasteiger partial charge on any atom is 0.0725 e. The average Bonchev–Trinajstić information content (AvgIpc) is 2.87. The molecule has 100 valence electrons. The number of nitrogens with one attached hydrogen (secondary N) is 1. The van der Waals surface area contributed by atoms with Gasteiger partial charge in [0.1, 0.15) is 0 Å². The first-order chi connectivity index (χ1) is 9.38. The van der Waals surface area contributed by atoms with E-state index in [-0.39, 0.29) is 0 Å². The highest BCUT2D eigenvalue weighted by Gasteiger charge is 2.21. The molecule has 1 aromatic heterocycles. The van der Waals surface area contributed by atoms with E-state index in [0.29, 0.717) is 5.92 Å². The first kappa shape index (κ1) is 12.2. The number of aryl methyl sites for hydroxylation is 1. The highest BCUT2D eigenvalue weighted by Crippen LogP contribution is 2.33. The van der Waals surface area contributed by atoms with E-state index in [4.69, 9.17) is 0 Å². The molecule has 1 unspecified atom stereocenters. The van der Waals surface area contributed by atoms with E-state index in [1.54, 1.807) is 0 Å². The molecule has 2 aromatic rings. The molecule has 1 atom stereocenters. The molecular formula is C15H20N4. The van der Waals surface area contributed by atoms with Crippen LogP contribution in [0.2, 0.25) is 0 Å². The second kappa shape index (κ2) is 5.43. The molecule has 4 nitrogen and oxygen atoms in total. The Morgan fingerprint density at radius 1 is 1.37 bits per heavy atom. The normalized spacial score (nSPS) is 17.8. The van der Waals surface area contributed by atoms with Crippen LogP contribution >= 0.6 is 0 Å². The maximum absolute atomic E-state index is 4.18. The Hall–Kier alpha value is -1.84. The Labute approximate surface area is 113 Å². The molecule has 3 rings (SSSR count). The third kappa shape index (κ3) is 2.48. The molecular weight excluding hydrogens is 236 g/mol. The van der Waals surface area contributed by atoms with Crippen LogP contribution in [0.5, 0.6) is 0 Å². The molecule has 1 aliphatic rings. The van der Waals surface area contributed by atoms with Crippen molar-refractivity contribution >= 4 is 5.69 Å². The Balaban J connectivity index is 1.82. The lowest BCUT2D eigenvalue weighted by Gasteiger charge is -2.26. The van der Waals surface area contributed by atoms with Crippen molar-refractivity contribution in [2.24, 2.45) is 0 Å². The number of hydrogen-bond acceptors (Lipinski definition) is 3. The molecule has 4 heteroatoms. The van der Waals surface area contributed by atoms with Gasteiger partial charge in [0.25, 0.3) is 0 Å². The molecule has 0 radical (unpaired) electrons. The van der Waals surface area contributed by atoms with Crippen LogP contribution in [0, 0.1) is 0 Å². The lowest BCUT2D eigenvalue weighted by molar-refractivity contribution is 0.527. The monoisotopic (exact) mass is 256 g/mol. The highest BCUT2D eigenvalue weighted by atomic mass is 15.4. The lowest BCUT2D eigenvalue weighted by Crippen LogP contribution is -2.19. The van der Waals surface area contributed by atoms with Gasteiger partial charge in [-0.15, -0.1) is 5.10 Å². The molecule has 19 heavy (non-hydrogen) atoms. The van der Waals surface area contributed by atoms with Gasteiger partial charge in [-0.1, -0.05) is 30.3 Å². The van der Waals surface area contributed by atoms with E-state index in [1.165, 1.54) is 23.4 Å². The number of benzene rings is 1. The SMILES string of the molecule is CCCn1nncc1CC1CCNc2ccccc21. The predicted octanol–water partition coefficient (Wildman–Crippen LogP) is 2.83. The molecule has 0 spiro atoms. The van der Waals surface area contributed by atoms with Crippen molar-refractivity contribution in [1.29, 1.82) is 0 Å². The fourth-order valence-electron chi connectivity index (χ4n) is 2.85. The van der Waals surface area contributed by atoms with Crippen LogP contribution in [-0.2, 0) is 13.0 Å². The van der Waals surface area contributed by atoms with Crippen LogP contribution < -0.4 is 5.32 Å². The van der Waals surface area contributed by atoms with Gasteiger partial charge in [0, 0.05) is 18.8 Å². The number of nitrogens with zero attached hydrogens (tertiary/aromatic N) is 3. The topological polar surface area (TPSA) is 42.7 Å². The summed E-state index contributed by atoms with van der Waals surface area (Å²) in [5.41, 5.74) is 3.97. The summed E-state index contributed by atoms with van der Waals surface area (Å²) in [4.78, 5) is 0. The van der Waals surface area contributed by atoms with Gasteiger partial charge in [0.15, 0.2) is 0 Å². The van der Waals surface area contributed by atoms with Crippen molar-refractivity contribution in [1.82, 2.24) is 15.0 Å². The Kier molecular flexibility index (Phi) is 3.49. The summed E-state index contributed by atoms with van der Waals surface area (Å²) in [6.45, 7) is 4.18. The van der Waals surface area contributed by atoms with Crippen LogP contribution in [-0.4, -0.2) is 21.5 Å². The summed E-state index contributed by atoms with van der Waals surface area (Å²) >= 11 is 0. The van der Waals surface area contributed by atoms with E-state index in [1.807, 2.05) is 10.9 Å². The average molecular weight is 256 g/mol. The van der Waals surface area contributed by atoms with Crippen LogP contribution in [0.1, 0.15) is 36.9 Å². The molecule has 1 N–H and O–H groups in total. The fraction of sp³-hybridized carbons (Fsp3) is 0.467. The molecule has 0 saturated carbocycles. The second-order valence-corrected chi connectivity index (χ2v) is 5.15. The third-order valence-corrected chi connectivity index (χ3v) is 3.80. The van der Waals surface area contributed by atoms with Gasteiger partial charge in [-0.05, 0) is 36.8 Å². The van der Waals surface area contributed by atoms with Crippen molar-refractivity contribution in [2.75, 3.05) is 11.9 Å². The maximum atomic E-state index is 4.18. The third-order valence-electron chi connectivity index (χ3n) is 3.80. The van der Waals surface area contributed by atoms with Gasteiger partial charge in [0.2, 0.25) is 0 Å². The first-order valence-electron chi connectivity index (χ1n) is 7.08. The van der Waals surface area contributed by atoms with Gasteiger partial charge in [-0.25, -0.2) is 4.68 Å². The quantitative estimate of drug-likeness (QED) is 0.914. The molecule has 2 heterocycles. The smallest absolute Gasteiger partial charge is 0.0725 e. The minimum Gasteiger partial charge on any atom is -0.385 e. The number of para-hydroxylation sites is 1. The summed E-state index contributed by atoms with van der Waals surface area (Å²) in [7, 11) is 0. The van der Waals surface area contributed by atoms with Crippen LogP contribution in [0.25, 0.3) is 0 Å². The summed E-state index contributed by atoms with van der Waals surface area (Å²) in [6.07, 6.45) is 5.22. The van der Waals surface area contributed by atoms with Crippen molar-refractivity contribution in [3.8, 4) is 0 Å². The predicted molar refractivity (Wildman–Crippen MR) is 76.3 cm³/mol. The molecule has 1 aromatic carbocycles. The van der Waals surface area contributed by atoms with E-state index in [9.17, 15) is 0 Å². The molecule has 0 aliphatic carbocycles. The van der Waals surface area contributed by atoms with E-state index in [2.05, 4.69) is 46.8 Å². The van der Waals surface area contributed by atoms with Crippen molar-refractivity contribution in [3.63, 3.8) is 0 Å². The lowest BCUT2D eigenvalue weighted by atomic mass is 9.87. The standard InChI is InChI=1S/C15H20N4/c1-2-9-19-13(11-17-18-19)10-12-7-8-16-15-6-4-3-5-14(12)15/h3-6,11-12,16H,2,7-10H2,1H3. The van der Waals surface area contributed by atoms with E-state index < -0.39 is 0 Å². The summed E-state index contributed by atoms with van der Waals surface area (Å²) in [6, 6.07) is 8.63. The zero-order valence-electron chi connectivity index (χ0n) is 11.3. The Morgan fingerprint density at radius 2 is 2.26 bits per heavy atom. The number of anilines is 1. The number of fused-ring (bicyclic) bond motifs is 1. The van der Waals surface area contributed by atoms with Crippen LogP contribution in [0.3, 0.4) is 0 Å². The van der Waals surface area contributed by atoms with Crippen LogP contribution in [0.4, 0.5) is 5.69 Å². The number of hydrogen-bond donors (Lipinski definition) is 1. The van der Waals surface area contributed by atoms with Gasteiger partial charge in [0.05, 0.1) is 11.9 Å². The van der Waals surface area contributed by atoms with Gasteiger partial charge in [-0.3, -0.25) is 0 Å². The largest absolute Gasteiger partial charge is 0.385 e. The highest BCUT2D eigenvalue weighted by molar-refractivity contribution is 5.54. The molecule has 0 saturated heterocycles. The molecule has 0 amide bonds.